The highest BCUT2D eigenvalue weighted by molar-refractivity contribution is 9.10. The number of halogens is 1. The summed E-state index contributed by atoms with van der Waals surface area (Å²) in [4.78, 5) is 11.1. The molecular formula is C11H15BrN2O2. The molecule has 1 rings (SSSR count). The second kappa shape index (κ2) is 6.50. The average molecular weight is 287 g/mol. The molecule has 4 nitrogen and oxygen atoms in total. The number of benzene rings is 1. The van der Waals surface area contributed by atoms with Crippen LogP contribution < -0.4 is 15.8 Å². The molecule has 0 heterocycles. The Kier molecular flexibility index (Phi) is 5.28. The number of carbonyl (C=O) groups is 1. The van der Waals surface area contributed by atoms with Crippen molar-refractivity contribution >= 4 is 21.8 Å². The minimum Gasteiger partial charge on any atom is -0.492 e. The molecule has 88 valence electrons. The molecule has 0 radical (unpaired) electrons. The van der Waals surface area contributed by atoms with Crippen molar-refractivity contribution in [3.63, 3.8) is 0 Å². The number of nitrogens with one attached hydrogen (secondary N) is 1. The van der Waals surface area contributed by atoms with Crippen LogP contribution in [-0.4, -0.2) is 25.1 Å². The number of hydrogen-bond donors (Lipinski definition) is 2. The van der Waals surface area contributed by atoms with Crippen LogP contribution in [0.3, 0.4) is 0 Å². The van der Waals surface area contributed by atoms with Crippen molar-refractivity contribution in [2.45, 2.75) is 13.0 Å². The zero-order valence-electron chi connectivity index (χ0n) is 9.07. The maximum Gasteiger partial charge on any atom is 0.236 e. The van der Waals surface area contributed by atoms with Gasteiger partial charge in [0.1, 0.15) is 12.4 Å². The molecule has 1 aromatic rings. The zero-order chi connectivity index (χ0) is 12.0. The van der Waals surface area contributed by atoms with Gasteiger partial charge in [0.2, 0.25) is 5.91 Å². The zero-order valence-corrected chi connectivity index (χ0v) is 10.7. The predicted octanol–water partition coefficient (Wildman–Crippen LogP) is 1.29. The second-order valence-electron chi connectivity index (χ2n) is 3.38. The van der Waals surface area contributed by atoms with E-state index in [1.807, 2.05) is 24.3 Å². The van der Waals surface area contributed by atoms with Gasteiger partial charge in [0, 0.05) is 4.47 Å². The summed E-state index contributed by atoms with van der Waals surface area (Å²) in [7, 11) is 0. The third-order valence-corrected chi connectivity index (χ3v) is 2.43. The van der Waals surface area contributed by atoms with Crippen molar-refractivity contribution in [3.05, 3.63) is 28.7 Å². The van der Waals surface area contributed by atoms with Gasteiger partial charge >= 0.3 is 0 Å². The van der Waals surface area contributed by atoms with Gasteiger partial charge in [0.05, 0.1) is 12.6 Å². The molecule has 0 aromatic heterocycles. The third-order valence-electron chi connectivity index (χ3n) is 1.90. The fourth-order valence-corrected chi connectivity index (χ4v) is 1.30. The fraction of sp³-hybridized carbons (Fsp3) is 0.364. The maximum atomic E-state index is 11.1. The van der Waals surface area contributed by atoms with E-state index < -0.39 is 6.04 Å². The highest BCUT2D eigenvalue weighted by atomic mass is 79.9. The molecule has 0 saturated heterocycles. The Balaban J connectivity index is 2.21. The van der Waals surface area contributed by atoms with Gasteiger partial charge in [-0.25, -0.2) is 0 Å². The number of nitrogens with two attached hydrogens (primary N) is 1. The summed E-state index contributed by atoms with van der Waals surface area (Å²) in [6, 6.07) is 7.04. The summed E-state index contributed by atoms with van der Waals surface area (Å²) in [6.45, 7) is 2.53. The molecule has 0 fully saturated rings. The average Bonchev–Trinajstić information content (AvgIpc) is 2.26. The molecule has 0 aliphatic heterocycles. The predicted molar refractivity (Wildman–Crippen MR) is 66.3 cm³/mol. The summed E-state index contributed by atoms with van der Waals surface area (Å²) in [6.07, 6.45) is 0. The normalized spacial score (nSPS) is 11.9. The minimum absolute atomic E-state index is 0.167. The van der Waals surface area contributed by atoms with E-state index in [0.717, 1.165) is 10.2 Å². The van der Waals surface area contributed by atoms with Crippen LogP contribution >= 0.6 is 15.9 Å². The first-order valence-corrected chi connectivity index (χ1v) is 5.80. The Hall–Kier alpha value is -1.07. The van der Waals surface area contributed by atoms with Crippen LogP contribution in [0.2, 0.25) is 0 Å². The monoisotopic (exact) mass is 286 g/mol. The number of amides is 1. The van der Waals surface area contributed by atoms with Gasteiger partial charge in [0.25, 0.3) is 0 Å². The number of carbonyl (C=O) groups excluding carboxylic acids is 1. The maximum absolute atomic E-state index is 11.1. The smallest absolute Gasteiger partial charge is 0.236 e. The quantitative estimate of drug-likeness (QED) is 0.802. The molecule has 0 saturated carbocycles. The van der Waals surface area contributed by atoms with E-state index >= 15 is 0 Å². The molecule has 16 heavy (non-hydrogen) atoms. The Morgan fingerprint density at radius 3 is 2.69 bits per heavy atom. The molecule has 1 aromatic carbocycles. The summed E-state index contributed by atoms with van der Waals surface area (Å²) in [5.41, 5.74) is 5.39. The Bertz CT molecular complexity index is 338. The molecule has 5 heteroatoms. The van der Waals surface area contributed by atoms with Crippen molar-refractivity contribution in [2.24, 2.45) is 5.73 Å². The molecule has 0 aliphatic rings. The first kappa shape index (κ1) is 13.0. The number of hydrogen-bond acceptors (Lipinski definition) is 3. The van der Waals surface area contributed by atoms with Crippen LogP contribution in [0.1, 0.15) is 6.92 Å². The van der Waals surface area contributed by atoms with E-state index in [1.54, 1.807) is 6.92 Å². The molecule has 3 N–H and O–H groups in total. The second-order valence-corrected chi connectivity index (χ2v) is 4.30. The van der Waals surface area contributed by atoms with Crippen molar-refractivity contribution in [1.29, 1.82) is 0 Å². The summed E-state index contributed by atoms with van der Waals surface area (Å²) in [5.74, 6) is 0.609. The lowest BCUT2D eigenvalue weighted by Crippen LogP contribution is -2.40. The molecule has 0 unspecified atom stereocenters. The molecule has 0 spiro atoms. The van der Waals surface area contributed by atoms with Crippen molar-refractivity contribution < 1.29 is 9.53 Å². The Morgan fingerprint density at radius 2 is 2.12 bits per heavy atom. The lowest BCUT2D eigenvalue weighted by Gasteiger charge is -2.09. The Labute approximate surface area is 103 Å². The van der Waals surface area contributed by atoms with Crippen LogP contribution in [0.4, 0.5) is 0 Å². The highest BCUT2D eigenvalue weighted by Crippen LogP contribution is 2.15. The fourth-order valence-electron chi connectivity index (χ4n) is 1.03. The molecule has 1 amide bonds. The van der Waals surface area contributed by atoms with Gasteiger partial charge in [0.15, 0.2) is 0 Å². The first-order valence-electron chi connectivity index (χ1n) is 5.01. The SMILES string of the molecule is C[C@@H](N)C(=O)NCCOc1ccc(Br)cc1. The van der Waals surface area contributed by atoms with E-state index in [4.69, 9.17) is 10.5 Å². The molecule has 0 bridgehead atoms. The molecule has 1 atom stereocenters. The number of ether oxygens (including phenoxy) is 1. The van der Waals surface area contributed by atoms with Gasteiger partial charge < -0.3 is 15.8 Å². The van der Waals surface area contributed by atoms with Crippen LogP contribution in [0, 0.1) is 0 Å². The number of rotatable bonds is 5. The molecular weight excluding hydrogens is 272 g/mol. The van der Waals surface area contributed by atoms with Crippen molar-refractivity contribution in [1.82, 2.24) is 5.32 Å². The van der Waals surface area contributed by atoms with Gasteiger partial charge in [-0.15, -0.1) is 0 Å². The summed E-state index contributed by atoms with van der Waals surface area (Å²) < 4.78 is 6.42. The van der Waals surface area contributed by atoms with E-state index in [-0.39, 0.29) is 5.91 Å². The van der Waals surface area contributed by atoms with Crippen molar-refractivity contribution in [3.8, 4) is 5.75 Å². The van der Waals surface area contributed by atoms with Crippen LogP contribution in [0.15, 0.2) is 28.7 Å². The van der Waals surface area contributed by atoms with E-state index in [2.05, 4.69) is 21.2 Å². The van der Waals surface area contributed by atoms with E-state index in [1.165, 1.54) is 0 Å². The Morgan fingerprint density at radius 1 is 1.50 bits per heavy atom. The van der Waals surface area contributed by atoms with Gasteiger partial charge in [-0.05, 0) is 31.2 Å². The standard InChI is InChI=1S/C11H15BrN2O2/c1-8(13)11(15)14-6-7-16-10-4-2-9(12)3-5-10/h2-5,8H,6-7,13H2,1H3,(H,14,15)/t8-/m1/s1. The van der Waals surface area contributed by atoms with E-state index in [0.29, 0.717) is 13.2 Å². The molecule has 0 aliphatic carbocycles. The van der Waals surface area contributed by atoms with Crippen LogP contribution in [0.5, 0.6) is 5.75 Å². The van der Waals surface area contributed by atoms with E-state index in [9.17, 15) is 4.79 Å². The first-order chi connectivity index (χ1) is 7.59. The van der Waals surface area contributed by atoms with Crippen LogP contribution in [-0.2, 0) is 4.79 Å². The topological polar surface area (TPSA) is 64.4 Å². The lowest BCUT2D eigenvalue weighted by molar-refractivity contribution is -0.122. The van der Waals surface area contributed by atoms with Crippen LogP contribution in [0.25, 0.3) is 0 Å². The summed E-state index contributed by atoms with van der Waals surface area (Å²) in [5, 5.41) is 2.67. The minimum atomic E-state index is -0.479. The summed E-state index contributed by atoms with van der Waals surface area (Å²) >= 11 is 3.34. The van der Waals surface area contributed by atoms with Gasteiger partial charge in [-0.3, -0.25) is 4.79 Å². The largest absolute Gasteiger partial charge is 0.492 e. The third kappa shape index (κ3) is 4.63. The van der Waals surface area contributed by atoms with Crippen molar-refractivity contribution in [2.75, 3.05) is 13.2 Å². The van der Waals surface area contributed by atoms with Gasteiger partial charge in [-0.1, -0.05) is 15.9 Å². The highest BCUT2D eigenvalue weighted by Gasteiger charge is 2.05. The lowest BCUT2D eigenvalue weighted by atomic mass is 10.3. The van der Waals surface area contributed by atoms with Gasteiger partial charge in [-0.2, -0.15) is 0 Å².